The van der Waals surface area contributed by atoms with Gasteiger partial charge in [-0.15, -0.1) is 0 Å². The van der Waals surface area contributed by atoms with Crippen molar-refractivity contribution in [3.63, 3.8) is 0 Å². The lowest BCUT2D eigenvalue weighted by Gasteiger charge is -2.06. The van der Waals surface area contributed by atoms with E-state index in [9.17, 15) is 5.11 Å². The van der Waals surface area contributed by atoms with Crippen molar-refractivity contribution in [3.05, 3.63) is 59.4 Å². The van der Waals surface area contributed by atoms with Gasteiger partial charge in [0.2, 0.25) is 0 Å². The molecular weight excluding hydrogens is 262 g/mol. The number of phenols is 1. The van der Waals surface area contributed by atoms with Crippen LogP contribution in [0, 0.1) is 0 Å². The van der Waals surface area contributed by atoms with Gasteiger partial charge < -0.3 is 10.8 Å². The fourth-order valence-electron chi connectivity index (χ4n) is 2.67. The summed E-state index contributed by atoms with van der Waals surface area (Å²) in [6, 6.07) is 13.9. The molecule has 3 N–H and O–H groups in total. The van der Waals surface area contributed by atoms with Gasteiger partial charge in [-0.25, -0.2) is 0 Å². The summed E-state index contributed by atoms with van der Waals surface area (Å²) in [6.07, 6.45) is 1.74. The fraction of sp³-hybridized carbons (Fsp3) is 0.235. The Labute approximate surface area is 123 Å². The molecule has 0 aliphatic heterocycles. The van der Waals surface area contributed by atoms with Gasteiger partial charge in [0.15, 0.2) is 0 Å². The molecule has 0 atom stereocenters. The molecule has 4 nitrogen and oxygen atoms in total. The first-order chi connectivity index (χ1) is 10.2. The van der Waals surface area contributed by atoms with Crippen LogP contribution in [-0.2, 0) is 26.4 Å². The molecule has 4 heteroatoms. The zero-order chi connectivity index (χ0) is 14.8. The molecule has 2 aromatic carbocycles. The second-order valence-corrected chi connectivity index (χ2v) is 5.29. The van der Waals surface area contributed by atoms with Crippen LogP contribution >= 0.6 is 0 Å². The molecular formula is C17H19N3O. The number of aryl methyl sites for hydroxylation is 3. The predicted molar refractivity (Wildman–Crippen MR) is 84.1 cm³/mol. The van der Waals surface area contributed by atoms with E-state index in [0.29, 0.717) is 12.3 Å². The summed E-state index contributed by atoms with van der Waals surface area (Å²) < 4.78 is 1.88. The number of nitrogens with zero attached hydrogens (tertiary/aromatic N) is 2. The van der Waals surface area contributed by atoms with Crippen molar-refractivity contribution >= 4 is 10.8 Å². The molecule has 0 saturated heterocycles. The molecule has 0 fully saturated rings. The molecule has 3 aromatic rings. The van der Waals surface area contributed by atoms with E-state index in [-0.39, 0.29) is 0 Å². The average molecular weight is 281 g/mol. The third kappa shape index (κ3) is 2.76. The van der Waals surface area contributed by atoms with E-state index in [1.165, 1.54) is 0 Å². The van der Waals surface area contributed by atoms with Crippen molar-refractivity contribution in [2.75, 3.05) is 0 Å². The van der Waals surface area contributed by atoms with Crippen molar-refractivity contribution in [2.24, 2.45) is 12.8 Å². The van der Waals surface area contributed by atoms with Crippen LogP contribution in [0.25, 0.3) is 10.8 Å². The van der Waals surface area contributed by atoms with Crippen molar-refractivity contribution in [1.82, 2.24) is 9.78 Å². The summed E-state index contributed by atoms with van der Waals surface area (Å²) in [5.41, 5.74) is 8.81. The topological polar surface area (TPSA) is 64.1 Å². The van der Waals surface area contributed by atoms with Gasteiger partial charge in [0.1, 0.15) is 5.75 Å². The van der Waals surface area contributed by atoms with Crippen molar-refractivity contribution in [1.29, 1.82) is 0 Å². The van der Waals surface area contributed by atoms with Gasteiger partial charge in [0.25, 0.3) is 0 Å². The summed E-state index contributed by atoms with van der Waals surface area (Å²) in [5.74, 6) is 0.343. The zero-order valence-electron chi connectivity index (χ0n) is 12.1. The molecule has 21 heavy (non-hydrogen) atoms. The molecule has 0 unspecified atom stereocenters. The third-order valence-corrected chi connectivity index (χ3v) is 3.81. The summed E-state index contributed by atoms with van der Waals surface area (Å²) in [4.78, 5) is 0. The normalized spacial score (nSPS) is 11.1. The van der Waals surface area contributed by atoms with Gasteiger partial charge in [-0.2, -0.15) is 5.10 Å². The molecule has 3 rings (SSSR count). The average Bonchev–Trinajstić information content (AvgIpc) is 2.86. The van der Waals surface area contributed by atoms with Crippen LogP contribution in [0.1, 0.15) is 17.0 Å². The summed E-state index contributed by atoms with van der Waals surface area (Å²) >= 11 is 0. The highest BCUT2D eigenvalue weighted by molar-refractivity contribution is 5.88. The Balaban J connectivity index is 1.83. The molecule has 1 heterocycles. The lowest BCUT2D eigenvalue weighted by molar-refractivity contribution is 0.481. The molecule has 0 saturated carbocycles. The molecule has 0 spiro atoms. The highest BCUT2D eigenvalue weighted by Crippen LogP contribution is 2.26. The number of rotatable bonds is 4. The van der Waals surface area contributed by atoms with Crippen molar-refractivity contribution in [2.45, 2.75) is 19.4 Å². The van der Waals surface area contributed by atoms with Crippen LogP contribution < -0.4 is 5.73 Å². The van der Waals surface area contributed by atoms with Crippen LogP contribution in [0.5, 0.6) is 5.75 Å². The van der Waals surface area contributed by atoms with E-state index in [1.807, 2.05) is 48.1 Å². The Hall–Kier alpha value is -2.33. The molecule has 0 radical (unpaired) electrons. The van der Waals surface area contributed by atoms with E-state index in [2.05, 4.69) is 11.2 Å². The maximum absolute atomic E-state index is 10.1. The molecule has 1 aromatic heterocycles. The van der Waals surface area contributed by atoms with Gasteiger partial charge in [-0.05, 0) is 35.9 Å². The van der Waals surface area contributed by atoms with E-state index < -0.39 is 0 Å². The highest BCUT2D eigenvalue weighted by Gasteiger charge is 2.06. The summed E-state index contributed by atoms with van der Waals surface area (Å²) in [5, 5.41) is 16.4. The first-order valence-electron chi connectivity index (χ1n) is 7.10. The number of phenolic OH excluding ortho intramolecular Hbond substituents is 1. The number of nitrogens with two attached hydrogens (primary N) is 1. The number of fused-ring (bicyclic) bond motifs is 1. The van der Waals surface area contributed by atoms with E-state index in [1.54, 1.807) is 0 Å². The SMILES string of the molecule is Cn1nc(CN)cc1CCc1cc(O)c2ccccc2c1. The van der Waals surface area contributed by atoms with Gasteiger partial charge >= 0.3 is 0 Å². The van der Waals surface area contributed by atoms with Gasteiger partial charge in [-0.1, -0.05) is 30.3 Å². The van der Waals surface area contributed by atoms with Crippen LogP contribution in [0.4, 0.5) is 0 Å². The predicted octanol–water partition coefficient (Wildman–Crippen LogP) is 2.52. The van der Waals surface area contributed by atoms with Gasteiger partial charge in [-0.3, -0.25) is 4.68 Å². The standard InChI is InChI=1S/C17H19N3O/c1-20-15(10-14(11-18)19-20)7-6-12-8-13-4-2-3-5-16(13)17(21)9-12/h2-5,8-10,21H,6-7,11,18H2,1H3. The lowest BCUT2D eigenvalue weighted by atomic mass is 10.0. The Bertz CT molecular complexity index is 777. The van der Waals surface area contributed by atoms with Crippen LogP contribution in [0.15, 0.2) is 42.5 Å². The van der Waals surface area contributed by atoms with E-state index in [4.69, 9.17) is 5.73 Å². The summed E-state index contributed by atoms with van der Waals surface area (Å²) in [7, 11) is 1.94. The third-order valence-electron chi connectivity index (χ3n) is 3.81. The molecule has 0 amide bonds. The molecule has 0 bridgehead atoms. The number of benzene rings is 2. The Morgan fingerprint density at radius 1 is 1.14 bits per heavy atom. The number of aromatic hydroxyl groups is 1. The van der Waals surface area contributed by atoms with E-state index >= 15 is 0 Å². The largest absolute Gasteiger partial charge is 0.507 e. The first-order valence-corrected chi connectivity index (χ1v) is 7.10. The Morgan fingerprint density at radius 2 is 1.95 bits per heavy atom. The molecule has 0 aliphatic rings. The van der Waals surface area contributed by atoms with Crippen LogP contribution in [0.3, 0.4) is 0 Å². The molecule has 0 aliphatic carbocycles. The Morgan fingerprint density at radius 3 is 2.71 bits per heavy atom. The zero-order valence-corrected chi connectivity index (χ0v) is 12.1. The molecule has 108 valence electrons. The second kappa shape index (κ2) is 5.58. The maximum Gasteiger partial charge on any atom is 0.123 e. The number of aromatic nitrogens is 2. The minimum absolute atomic E-state index is 0.343. The summed E-state index contributed by atoms with van der Waals surface area (Å²) in [6.45, 7) is 0.463. The second-order valence-electron chi connectivity index (χ2n) is 5.29. The number of hydrogen-bond acceptors (Lipinski definition) is 3. The smallest absolute Gasteiger partial charge is 0.123 e. The minimum Gasteiger partial charge on any atom is -0.507 e. The van der Waals surface area contributed by atoms with E-state index in [0.717, 1.165) is 40.6 Å². The Kier molecular flexibility index (Phi) is 3.62. The van der Waals surface area contributed by atoms with Gasteiger partial charge in [0.05, 0.1) is 5.69 Å². The first kappa shape index (κ1) is 13.6. The lowest BCUT2D eigenvalue weighted by Crippen LogP contribution is -2.01. The van der Waals surface area contributed by atoms with Crippen molar-refractivity contribution < 1.29 is 5.11 Å². The van der Waals surface area contributed by atoms with Gasteiger partial charge in [0, 0.05) is 24.7 Å². The van der Waals surface area contributed by atoms with Crippen LogP contribution in [0.2, 0.25) is 0 Å². The minimum atomic E-state index is 0.343. The number of hydrogen-bond donors (Lipinski definition) is 2. The fourth-order valence-corrected chi connectivity index (χ4v) is 2.67. The van der Waals surface area contributed by atoms with Crippen LogP contribution in [-0.4, -0.2) is 14.9 Å². The monoisotopic (exact) mass is 281 g/mol. The maximum atomic E-state index is 10.1. The van der Waals surface area contributed by atoms with Crippen molar-refractivity contribution in [3.8, 4) is 5.75 Å². The highest BCUT2D eigenvalue weighted by atomic mass is 16.3. The quantitative estimate of drug-likeness (QED) is 0.772.